The van der Waals surface area contributed by atoms with Crippen molar-refractivity contribution in [2.45, 2.75) is 32.4 Å². The van der Waals surface area contributed by atoms with Gasteiger partial charge in [0.1, 0.15) is 11.8 Å². The molecule has 0 saturated heterocycles. The van der Waals surface area contributed by atoms with E-state index in [0.717, 1.165) is 0 Å². The second-order valence-electron chi connectivity index (χ2n) is 4.01. The summed E-state index contributed by atoms with van der Waals surface area (Å²) < 4.78 is 5.50. The Morgan fingerprint density at radius 2 is 2.05 bits per heavy atom. The molecule has 1 rings (SSSR count). The zero-order valence-electron chi connectivity index (χ0n) is 10.7. The van der Waals surface area contributed by atoms with Crippen molar-refractivity contribution in [2.24, 2.45) is 0 Å². The van der Waals surface area contributed by atoms with Crippen molar-refractivity contribution in [3.63, 3.8) is 0 Å². The molecule has 2 N–H and O–H groups in total. The van der Waals surface area contributed by atoms with Crippen LogP contribution in [0.4, 0.5) is 0 Å². The Bertz CT molecular complexity index is 464. The number of ether oxygens (including phenoxy) is 1. The number of benzene rings is 1. The van der Waals surface area contributed by atoms with Gasteiger partial charge in [0.2, 0.25) is 0 Å². The van der Waals surface area contributed by atoms with Crippen LogP contribution in [0.15, 0.2) is 24.3 Å². The third-order valence-corrected chi connectivity index (χ3v) is 2.81. The summed E-state index contributed by atoms with van der Waals surface area (Å²) in [6.45, 7) is 3.16. The molecule has 0 radical (unpaired) electrons. The second kappa shape index (κ2) is 6.99. The van der Waals surface area contributed by atoms with E-state index >= 15 is 0 Å². The lowest BCUT2D eigenvalue weighted by Crippen LogP contribution is -2.45. The summed E-state index contributed by atoms with van der Waals surface area (Å²) in [5, 5.41) is 11.5. The summed E-state index contributed by atoms with van der Waals surface area (Å²) >= 11 is 5.94. The highest BCUT2D eigenvalue weighted by Gasteiger charge is 2.23. The molecule has 0 bridgehead atoms. The molecule has 1 unspecified atom stereocenters. The van der Waals surface area contributed by atoms with Crippen LogP contribution in [0.2, 0.25) is 5.02 Å². The number of halogens is 1. The zero-order chi connectivity index (χ0) is 14.4. The number of carboxylic acids is 1. The fourth-order valence-corrected chi connectivity index (χ4v) is 1.56. The normalized spacial score (nSPS) is 13.4. The Kier molecular flexibility index (Phi) is 5.63. The monoisotopic (exact) mass is 285 g/mol. The highest BCUT2D eigenvalue weighted by atomic mass is 35.5. The van der Waals surface area contributed by atoms with Gasteiger partial charge in [-0.15, -0.1) is 0 Å². The molecule has 0 aliphatic heterocycles. The van der Waals surface area contributed by atoms with Crippen LogP contribution < -0.4 is 10.1 Å². The average Bonchev–Trinajstić information content (AvgIpc) is 2.37. The lowest BCUT2D eigenvalue weighted by Gasteiger charge is -2.19. The minimum absolute atomic E-state index is 0.397. The molecule has 0 spiro atoms. The van der Waals surface area contributed by atoms with Gasteiger partial charge in [-0.3, -0.25) is 9.59 Å². The fraction of sp³-hybridized carbons (Fsp3) is 0.385. The van der Waals surface area contributed by atoms with Gasteiger partial charge in [-0.05, 0) is 25.5 Å². The second-order valence-corrected chi connectivity index (χ2v) is 4.42. The summed E-state index contributed by atoms with van der Waals surface area (Å²) in [6.07, 6.45) is -0.370. The van der Waals surface area contributed by atoms with E-state index in [0.29, 0.717) is 17.2 Å². The highest BCUT2D eigenvalue weighted by molar-refractivity contribution is 6.32. The number of carbonyl (C=O) groups is 2. The number of aliphatic carboxylic acids is 1. The number of hydrogen-bond acceptors (Lipinski definition) is 3. The SMILES string of the molecule is CCC(Oc1ccccc1Cl)C(=O)N[C@@H](C)C(=O)O. The van der Waals surface area contributed by atoms with Crippen LogP contribution in [0.1, 0.15) is 20.3 Å². The topological polar surface area (TPSA) is 75.6 Å². The summed E-state index contributed by atoms with van der Waals surface area (Å²) in [5.41, 5.74) is 0. The molecule has 0 aromatic heterocycles. The Hall–Kier alpha value is -1.75. The predicted molar refractivity (Wildman–Crippen MR) is 71.4 cm³/mol. The van der Waals surface area contributed by atoms with E-state index in [4.69, 9.17) is 21.4 Å². The molecule has 19 heavy (non-hydrogen) atoms. The van der Waals surface area contributed by atoms with E-state index in [2.05, 4.69) is 5.32 Å². The van der Waals surface area contributed by atoms with Crippen molar-refractivity contribution in [3.8, 4) is 5.75 Å². The summed E-state index contributed by atoms with van der Waals surface area (Å²) in [7, 11) is 0. The maximum Gasteiger partial charge on any atom is 0.325 e. The summed E-state index contributed by atoms with van der Waals surface area (Å²) in [6, 6.07) is 5.84. The minimum Gasteiger partial charge on any atom is -0.480 e. The van der Waals surface area contributed by atoms with E-state index in [9.17, 15) is 9.59 Å². The number of para-hydroxylation sites is 1. The van der Waals surface area contributed by atoms with Crippen molar-refractivity contribution < 1.29 is 19.4 Å². The van der Waals surface area contributed by atoms with Gasteiger partial charge >= 0.3 is 5.97 Å². The predicted octanol–water partition coefficient (Wildman–Crippen LogP) is 2.09. The quantitative estimate of drug-likeness (QED) is 0.839. The van der Waals surface area contributed by atoms with Crippen molar-refractivity contribution in [3.05, 3.63) is 29.3 Å². The van der Waals surface area contributed by atoms with Gasteiger partial charge in [0.05, 0.1) is 5.02 Å². The van der Waals surface area contributed by atoms with E-state index in [-0.39, 0.29) is 0 Å². The van der Waals surface area contributed by atoms with E-state index < -0.39 is 24.0 Å². The van der Waals surface area contributed by atoms with Crippen LogP contribution in [0.25, 0.3) is 0 Å². The molecule has 0 saturated carbocycles. The van der Waals surface area contributed by atoms with Crippen LogP contribution in [-0.4, -0.2) is 29.1 Å². The van der Waals surface area contributed by atoms with E-state index in [1.807, 2.05) is 0 Å². The highest BCUT2D eigenvalue weighted by Crippen LogP contribution is 2.24. The molecule has 1 aromatic carbocycles. The van der Waals surface area contributed by atoms with Crippen LogP contribution in [0.3, 0.4) is 0 Å². The Morgan fingerprint density at radius 3 is 2.58 bits per heavy atom. The lowest BCUT2D eigenvalue weighted by atomic mass is 10.2. The molecule has 104 valence electrons. The van der Waals surface area contributed by atoms with Crippen LogP contribution in [0.5, 0.6) is 5.75 Å². The van der Waals surface area contributed by atoms with E-state index in [1.54, 1.807) is 31.2 Å². The Morgan fingerprint density at radius 1 is 1.42 bits per heavy atom. The van der Waals surface area contributed by atoms with Crippen LogP contribution in [-0.2, 0) is 9.59 Å². The van der Waals surface area contributed by atoms with Gasteiger partial charge in [0, 0.05) is 0 Å². The molecular weight excluding hydrogens is 270 g/mol. The van der Waals surface area contributed by atoms with Gasteiger partial charge in [0.25, 0.3) is 5.91 Å². The molecule has 0 aliphatic carbocycles. The average molecular weight is 286 g/mol. The fourth-order valence-electron chi connectivity index (χ4n) is 1.38. The first kappa shape index (κ1) is 15.3. The van der Waals surface area contributed by atoms with Crippen LogP contribution >= 0.6 is 11.6 Å². The van der Waals surface area contributed by atoms with Crippen molar-refractivity contribution in [1.29, 1.82) is 0 Å². The van der Waals surface area contributed by atoms with Crippen molar-refractivity contribution >= 4 is 23.5 Å². The molecule has 0 heterocycles. The Balaban J connectivity index is 2.71. The first-order valence-corrected chi connectivity index (χ1v) is 6.27. The van der Waals surface area contributed by atoms with Crippen molar-refractivity contribution in [1.82, 2.24) is 5.32 Å². The van der Waals surface area contributed by atoms with Crippen molar-refractivity contribution in [2.75, 3.05) is 0 Å². The maximum absolute atomic E-state index is 11.9. The number of carbonyl (C=O) groups excluding carboxylic acids is 1. The Labute approximate surface area is 116 Å². The summed E-state index contributed by atoms with van der Waals surface area (Å²) in [5.74, 6) is -1.17. The number of hydrogen-bond donors (Lipinski definition) is 2. The molecule has 0 aliphatic rings. The zero-order valence-corrected chi connectivity index (χ0v) is 11.5. The molecule has 6 heteroatoms. The third-order valence-electron chi connectivity index (χ3n) is 2.50. The smallest absolute Gasteiger partial charge is 0.325 e. The maximum atomic E-state index is 11.9. The number of carboxylic acid groups (broad SMARTS) is 1. The largest absolute Gasteiger partial charge is 0.480 e. The number of rotatable bonds is 6. The lowest BCUT2D eigenvalue weighted by molar-refractivity contribution is -0.142. The first-order chi connectivity index (χ1) is 8.95. The van der Waals surface area contributed by atoms with Gasteiger partial charge < -0.3 is 15.2 Å². The molecule has 0 fully saturated rings. The molecule has 1 amide bonds. The minimum atomic E-state index is -1.10. The van der Waals surface area contributed by atoms with Gasteiger partial charge in [0.15, 0.2) is 6.10 Å². The molecule has 2 atom stereocenters. The van der Waals surface area contributed by atoms with Gasteiger partial charge in [-0.25, -0.2) is 0 Å². The van der Waals surface area contributed by atoms with Gasteiger partial charge in [-0.2, -0.15) is 0 Å². The first-order valence-electron chi connectivity index (χ1n) is 5.90. The third kappa shape index (κ3) is 4.44. The van der Waals surface area contributed by atoms with Gasteiger partial charge in [-0.1, -0.05) is 30.7 Å². The molecule has 5 nitrogen and oxygen atoms in total. The standard InChI is InChI=1S/C13H16ClNO4/c1-3-10(12(16)15-8(2)13(17)18)19-11-7-5-4-6-9(11)14/h4-8,10H,3H2,1-2H3,(H,15,16)(H,17,18)/t8-,10?/m0/s1. The van der Waals surface area contributed by atoms with Crippen LogP contribution in [0, 0.1) is 0 Å². The molecular formula is C13H16ClNO4. The molecule has 1 aromatic rings. The number of amides is 1. The number of nitrogens with one attached hydrogen (secondary N) is 1. The van der Waals surface area contributed by atoms with E-state index in [1.165, 1.54) is 6.92 Å². The summed E-state index contributed by atoms with van der Waals surface area (Å²) in [4.78, 5) is 22.5.